The maximum Gasteiger partial charge on any atom is 0.261 e. The van der Waals surface area contributed by atoms with Crippen LogP contribution in [-0.4, -0.2) is 17.6 Å². The van der Waals surface area contributed by atoms with Gasteiger partial charge in [0.15, 0.2) is 6.10 Å². The lowest BCUT2D eigenvalue weighted by Crippen LogP contribution is -2.44. The molecule has 4 nitrogen and oxygen atoms in total. The Labute approximate surface area is 172 Å². The van der Waals surface area contributed by atoms with E-state index >= 15 is 0 Å². The van der Waals surface area contributed by atoms with Crippen LogP contribution in [0.5, 0.6) is 11.5 Å². The first-order valence-electron chi connectivity index (χ1n) is 9.59. The second-order valence-electron chi connectivity index (χ2n) is 8.30. The summed E-state index contributed by atoms with van der Waals surface area (Å²) < 4.78 is 12.0. The SMILES string of the molecule is Cc1ccc2c(c1)OC(C)(C)C[C@H]2NC(=O)[C@H](C)Oc1cc(C)c(Cl)c(C)c1. The fraction of sp³-hybridized carbons (Fsp3) is 0.435. The Bertz CT molecular complexity index is 884. The Morgan fingerprint density at radius 2 is 1.86 bits per heavy atom. The fourth-order valence-corrected chi connectivity index (χ4v) is 3.72. The van der Waals surface area contributed by atoms with Crippen molar-refractivity contribution in [3.05, 3.63) is 57.6 Å². The normalized spacial score (nSPS) is 18.6. The molecule has 1 aliphatic heterocycles. The number of nitrogens with one attached hydrogen (secondary N) is 1. The lowest BCUT2D eigenvalue weighted by molar-refractivity contribution is -0.128. The summed E-state index contributed by atoms with van der Waals surface area (Å²) in [5.41, 5.74) is 3.64. The molecule has 0 aliphatic carbocycles. The summed E-state index contributed by atoms with van der Waals surface area (Å²) in [6.07, 6.45) is 0.0700. The molecule has 1 aliphatic rings. The molecule has 150 valence electrons. The number of benzene rings is 2. The van der Waals surface area contributed by atoms with E-state index < -0.39 is 6.10 Å². The van der Waals surface area contributed by atoms with Crippen LogP contribution in [0.2, 0.25) is 5.02 Å². The highest BCUT2D eigenvalue weighted by atomic mass is 35.5. The number of amides is 1. The van der Waals surface area contributed by atoms with E-state index in [-0.39, 0.29) is 17.6 Å². The Balaban J connectivity index is 1.75. The van der Waals surface area contributed by atoms with E-state index in [9.17, 15) is 4.79 Å². The molecule has 28 heavy (non-hydrogen) atoms. The lowest BCUT2D eigenvalue weighted by atomic mass is 9.89. The van der Waals surface area contributed by atoms with Gasteiger partial charge in [-0.15, -0.1) is 0 Å². The van der Waals surface area contributed by atoms with Gasteiger partial charge in [-0.2, -0.15) is 0 Å². The summed E-state index contributed by atoms with van der Waals surface area (Å²) in [5.74, 6) is 1.32. The molecule has 0 unspecified atom stereocenters. The molecule has 5 heteroatoms. The molecule has 0 radical (unpaired) electrons. The van der Waals surface area contributed by atoms with Gasteiger partial charge in [-0.3, -0.25) is 4.79 Å². The highest BCUT2D eigenvalue weighted by molar-refractivity contribution is 6.32. The minimum absolute atomic E-state index is 0.119. The summed E-state index contributed by atoms with van der Waals surface area (Å²) in [5, 5.41) is 3.86. The Hall–Kier alpha value is -2.20. The first-order valence-corrected chi connectivity index (χ1v) is 9.97. The van der Waals surface area contributed by atoms with Crippen molar-refractivity contribution in [1.29, 1.82) is 0 Å². The molecule has 3 rings (SSSR count). The highest BCUT2D eigenvalue weighted by Gasteiger charge is 2.35. The van der Waals surface area contributed by atoms with Crippen molar-refractivity contribution < 1.29 is 14.3 Å². The minimum atomic E-state index is -0.625. The molecule has 1 heterocycles. The summed E-state index contributed by atoms with van der Waals surface area (Å²) in [7, 11) is 0. The van der Waals surface area contributed by atoms with Crippen molar-refractivity contribution in [2.75, 3.05) is 0 Å². The quantitative estimate of drug-likeness (QED) is 0.740. The third kappa shape index (κ3) is 4.44. The maximum absolute atomic E-state index is 12.8. The number of halogens is 1. The predicted molar refractivity (Wildman–Crippen MR) is 112 cm³/mol. The maximum atomic E-state index is 12.8. The van der Waals surface area contributed by atoms with E-state index in [2.05, 4.69) is 5.32 Å². The van der Waals surface area contributed by atoms with E-state index in [1.807, 2.05) is 65.0 Å². The minimum Gasteiger partial charge on any atom is -0.487 e. The summed E-state index contributed by atoms with van der Waals surface area (Å²) in [6, 6.07) is 9.69. The summed E-state index contributed by atoms with van der Waals surface area (Å²) in [4.78, 5) is 12.8. The molecular formula is C23H28ClNO3. The van der Waals surface area contributed by atoms with Crippen LogP contribution in [0, 0.1) is 20.8 Å². The predicted octanol–water partition coefficient (Wildman–Crippen LogP) is 5.45. The molecule has 1 N–H and O–H groups in total. The number of ether oxygens (including phenoxy) is 2. The van der Waals surface area contributed by atoms with Crippen molar-refractivity contribution in [2.24, 2.45) is 0 Å². The van der Waals surface area contributed by atoms with Gasteiger partial charge >= 0.3 is 0 Å². The van der Waals surface area contributed by atoms with Gasteiger partial charge in [0.05, 0.1) is 6.04 Å². The van der Waals surface area contributed by atoms with E-state index in [4.69, 9.17) is 21.1 Å². The largest absolute Gasteiger partial charge is 0.487 e. The van der Waals surface area contributed by atoms with Crippen molar-refractivity contribution in [1.82, 2.24) is 5.32 Å². The molecule has 0 saturated carbocycles. The van der Waals surface area contributed by atoms with Crippen LogP contribution in [0.4, 0.5) is 0 Å². The molecule has 0 bridgehead atoms. The van der Waals surface area contributed by atoms with Gasteiger partial charge in [0.1, 0.15) is 17.1 Å². The van der Waals surface area contributed by atoms with Gasteiger partial charge in [-0.25, -0.2) is 0 Å². The van der Waals surface area contributed by atoms with Crippen LogP contribution in [0.1, 0.15) is 55.5 Å². The van der Waals surface area contributed by atoms with Gasteiger partial charge < -0.3 is 14.8 Å². The average molecular weight is 402 g/mol. The molecule has 2 aromatic rings. The van der Waals surface area contributed by atoms with Gasteiger partial charge in [-0.05, 0) is 76.4 Å². The topological polar surface area (TPSA) is 47.6 Å². The van der Waals surface area contributed by atoms with Gasteiger partial charge in [0.2, 0.25) is 0 Å². The van der Waals surface area contributed by atoms with Crippen LogP contribution >= 0.6 is 11.6 Å². The van der Waals surface area contributed by atoms with E-state index in [1.165, 1.54) is 0 Å². The summed E-state index contributed by atoms with van der Waals surface area (Å²) in [6.45, 7) is 11.7. The zero-order valence-corrected chi connectivity index (χ0v) is 18.1. The lowest BCUT2D eigenvalue weighted by Gasteiger charge is -2.38. The number of carbonyl (C=O) groups excluding carboxylic acids is 1. The van der Waals surface area contributed by atoms with Crippen molar-refractivity contribution in [3.8, 4) is 11.5 Å². The zero-order chi connectivity index (χ0) is 20.6. The van der Waals surface area contributed by atoms with Gasteiger partial charge in [0.25, 0.3) is 5.91 Å². The highest BCUT2D eigenvalue weighted by Crippen LogP contribution is 2.40. The van der Waals surface area contributed by atoms with Crippen molar-refractivity contribution >= 4 is 17.5 Å². The molecule has 0 saturated heterocycles. The molecule has 0 fully saturated rings. The van der Waals surface area contributed by atoms with Gasteiger partial charge in [0, 0.05) is 17.0 Å². The first-order chi connectivity index (χ1) is 13.1. The number of aryl methyl sites for hydroxylation is 3. The Morgan fingerprint density at radius 1 is 1.21 bits per heavy atom. The smallest absolute Gasteiger partial charge is 0.261 e. The molecule has 0 aromatic heterocycles. The van der Waals surface area contributed by atoms with Crippen LogP contribution in [0.15, 0.2) is 30.3 Å². The van der Waals surface area contributed by atoms with Crippen molar-refractivity contribution in [2.45, 2.75) is 65.7 Å². The monoisotopic (exact) mass is 401 g/mol. The Kier molecular flexibility index (Phi) is 5.62. The number of rotatable bonds is 4. The molecular weight excluding hydrogens is 374 g/mol. The number of hydrogen-bond acceptors (Lipinski definition) is 3. The summed E-state index contributed by atoms with van der Waals surface area (Å²) >= 11 is 6.22. The number of carbonyl (C=O) groups is 1. The van der Waals surface area contributed by atoms with Crippen LogP contribution in [0.3, 0.4) is 0 Å². The molecule has 1 amide bonds. The molecule has 2 atom stereocenters. The fourth-order valence-electron chi connectivity index (χ4n) is 3.61. The zero-order valence-electron chi connectivity index (χ0n) is 17.4. The molecule has 2 aromatic carbocycles. The third-order valence-electron chi connectivity index (χ3n) is 5.03. The van der Waals surface area contributed by atoms with Crippen LogP contribution < -0.4 is 14.8 Å². The van der Waals surface area contributed by atoms with E-state index in [0.717, 1.165) is 33.0 Å². The second-order valence-corrected chi connectivity index (χ2v) is 8.68. The Morgan fingerprint density at radius 3 is 2.50 bits per heavy atom. The van der Waals surface area contributed by atoms with Crippen LogP contribution in [0.25, 0.3) is 0 Å². The van der Waals surface area contributed by atoms with E-state index in [0.29, 0.717) is 12.2 Å². The van der Waals surface area contributed by atoms with Crippen molar-refractivity contribution in [3.63, 3.8) is 0 Å². The average Bonchev–Trinajstić information content (AvgIpc) is 2.58. The standard InChI is InChI=1S/C23H28ClNO3/c1-13-7-8-18-19(12-23(5,6)28-20(18)9-13)25-22(26)16(4)27-17-10-14(2)21(24)15(3)11-17/h7-11,16,19H,12H2,1-6H3,(H,25,26)/t16-,19+/m0/s1. The first kappa shape index (κ1) is 20.5. The van der Waals surface area contributed by atoms with E-state index in [1.54, 1.807) is 6.92 Å². The number of fused-ring (bicyclic) bond motifs is 1. The van der Waals surface area contributed by atoms with Crippen LogP contribution in [-0.2, 0) is 4.79 Å². The third-order valence-corrected chi connectivity index (χ3v) is 5.63. The molecule has 0 spiro atoms. The van der Waals surface area contributed by atoms with Gasteiger partial charge in [-0.1, -0.05) is 23.7 Å². The second kappa shape index (κ2) is 7.67. The number of hydrogen-bond donors (Lipinski definition) is 1.